The molecule has 0 aromatic carbocycles. The number of hydrogen-bond acceptors (Lipinski definition) is 5. The Hall–Kier alpha value is -2.05. The van der Waals surface area contributed by atoms with E-state index in [4.69, 9.17) is 9.47 Å². The van der Waals surface area contributed by atoms with Crippen molar-refractivity contribution >= 4 is 0 Å². The Balaban J connectivity index is 1.46. The number of rotatable bonds is 4. The van der Waals surface area contributed by atoms with Gasteiger partial charge in [0.15, 0.2) is 5.82 Å². The zero-order chi connectivity index (χ0) is 17.2. The molecule has 2 aliphatic rings. The molecule has 5 nitrogen and oxygen atoms in total. The fourth-order valence-corrected chi connectivity index (χ4v) is 3.81. The van der Waals surface area contributed by atoms with E-state index in [1.807, 2.05) is 19.1 Å². The Bertz CT molecular complexity index is 742. The molecule has 1 saturated carbocycles. The number of aromatic nitrogens is 2. The van der Waals surface area contributed by atoms with Crippen LogP contribution < -0.4 is 4.74 Å². The first-order chi connectivity index (χ1) is 12.2. The first kappa shape index (κ1) is 16.4. The molecule has 3 atom stereocenters. The quantitative estimate of drug-likeness (QED) is 0.854. The van der Waals surface area contributed by atoms with Crippen molar-refractivity contribution in [1.29, 1.82) is 0 Å². The van der Waals surface area contributed by atoms with Gasteiger partial charge in [-0.15, -0.1) is 0 Å². The van der Waals surface area contributed by atoms with Gasteiger partial charge in [0, 0.05) is 31.0 Å². The molecule has 0 amide bonds. The number of hydrogen-bond donors (Lipinski definition) is 0. The van der Waals surface area contributed by atoms with E-state index in [-0.39, 0.29) is 24.1 Å². The molecule has 25 heavy (non-hydrogen) atoms. The van der Waals surface area contributed by atoms with E-state index in [2.05, 4.69) is 20.9 Å². The van der Waals surface area contributed by atoms with Gasteiger partial charge in [-0.3, -0.25) is 9.88 Å². The highest BCUT2D eigenvalue weighted by Crippen LogP contribution is 2.33. The molecular formula is C19H22FN3O2. The van der Waals surface area contributed by atoms with Crippen LogP contribution >= 0.6 is 0 Å². The fourth-order valence-electron chi connectivity index (χ4n) is 3.81. The summed E-state index contributed by atoms with van der Waals surface area (Å²) in [6, 6.07) is 9.31. The van der Waals surface area contributed by atoms with Crippen LogP contribution in [0.3, 0.4) is 0 Å². The summed E-state index contributed by atoms with van der Waals surface area (Å²) in [5, 5.41) is 0. The number of fused-ring (bicyclic) bond motifs is 1. The van der Waals surface area contributed by atoms with Crippen molar-refractivity contribution in [2.75, 3.05) is 13.2 Å². The zero-order valence-electron chi connectivity index (χ0n) is 14.3. The lowest BCUT2D eigenvalue weighted by Crippen LogP contribution is -2.51. The predicted molar refractivity (Wildman–Crippen MR) is 90.8 cm³/mol. The van der Waals surface area contributed by atoms with E-state index in [0.717, 1.165) is 37.3 Å². The molecule has 1 aliphatic heterocycles. The molecule has 0 N–H and O–H groups in total. The van der Waals surface area contributed by atoms with E-state index in [0.29, 0.717) is 6.61 Å². The van der Waals surface area contributed by atoms with Gasteiger partial charge in [0.2, 0.25) is 0 Å². The van der Waals surface area contributed by atoms with Gasteiger partial charge in [-0.2, -0.15) is 0 Å². The summed E-state index contributed by atoms with van der Waals surface area (Å²) in [5.74, 6) is -0.364. The third kappa shape index (κ3) is 3.50. The van der Waals surface area contributed by atoms with Gasteiger partial charge in [0.1, 0.15) is 12.2 Å². The zero-order valence-corrected chi connectivity index (χ0v) is 14.3. The molecule has 2 aromatic rings. The lowest BCUT2D eigenvalue weighted by molar-refractivity contribution is -0.0930. The van der Waals surface area contributed by atoms with Crippen molar-refractivity contribution in [3.8, 4) is 5.88 Å². The maximum atomic E-state index is 13.8. The number of aryl methyl sites for hydroxylation is 1. The molecule has 0 spiro atoms. The maximum absolute atomic E-state index is 13.8. The molecular weight excluding hydrogens is 321 g/mol. The van der Waals surface area contributed by atoms with E-state index < -0.39 is 5.82 Å². The van der Waals surface area contributed by atoms with Crippen LogP contribution in [-0.2, 0) is 11.3 Å². The minimum absolute atomic E-state index is 0.0556. The van der Waals surface area contributed by atoms with Crippen molar-refractivity contribution in [1.82, 2.24) is 14.9 Å². The molecule has 3 heterocycles. The Morgan fingerprint density at radius 2 is 2.20 bits per heavy atom. The molecule has 4 rings (SSSR count). The van der Waals surface area contributed by atoms with Crippen LogP contribution in [0.5, 0.6) is 5.88 Å². The number of ether oxygens (including phenoxy) is 2. The molecule has 2 aromatic heterocycles. The summed E-state index contributed by atoms with van der Waals surface area (Å²) in [5.41, 5.74) is 2.10. The second-order valence-corrected chi connectivity index (χ2v) is 6.67. The van der Waals surface area contributed by atoms with E-state index in [1.54, 1.807) is 12.3 Å². The van der Waals surface area contributed by atoms with Gasteiger partial charge < -0.3 is 9.47 Å². The van der Waals surface area contributed by atoms with Crippen LogP contribution in [0.25, 0.3) is 0 Å². The van der Waals surface area contributed by atoms with Crippen molar-refractivity contribution < 1.29 is 13.9 Å². The summed E-state index contributed by atoms with van der Waals surface area (Å²) in [4.78, 5) is 11.0. The SMILES string of the molecule is Cc1cccc(CN2CCO[C@@H]3[C@@H](Oc4ncccc4F)CC[C@H]32)n1. The van der Waals surface area contributed by atoms with Crippen LogP contribution in [0.4, 0.5) is 4.39 Å². The highest BCUT2D eigenvalue weighted by atomic mass is 19.1. The van der Waals surface area contributed by atoms with Gasteiger partial charge >= 0.3 is 0 Å². The molecule has 1 aliphatic carbocycles. The molecule has 6 heteroatoms. The van der Waals surface area contributed by atoms with Crippen molar-refractivity contribution in [2.45, 2.75) is 44.6 Å². The monoisotopic (exact) mass is 343 g/mol. The van der Waals surface area contributed by atoms with Crippen LogP contribution in [0.15, 0.2) is 36.5 Å². The summed E-state index contributed by atoms with van der Waals surface area (Å²) in [6.07, 6.45) is 3.13. The highest BCUT2D eigenvalue weighted by Gasteiger charge is 2.44. The van der Waals surface area contributed by atoms with Gasteiger partial charge in [0.05, 0.1) is 12.3 Å². The first-order valence-electron chi connectivity index (χ1n) is 8.76. The number of nitrogens with zero attached hydrogens (tertiary/aromatic N) is 3. The average molecular weight is 343 g/mol. The summed E-state index contributed by atoms with van der Waals surface area (Å²) in [6.45, 7) is 4.34. The highest BCUT2D eigenvalue weighted by molar-refractivity contribution is 5.15. The predicted octanol–water partition coefficient (Wildman–Crippen LogP) is 2.73. The van der Waals surface area contributed by atoms with Crippen LogP contribution in [-0.4, -0.2) is 46.3 Å². The summed E-state index contributed by atoms with van der Waals surface area (Å²) < 4.78 is 25.6. The van der Waals surface area contributed by atoms with Crippen molar-refractivity contribution in [3.63, 3.8) is 0 Å². The normalized spacial score (nSPS) is 26.4. The Kier molecular flexibility index (Phi) is 4.63. The van der Waals surface area contributed by atoms with Gasteiger partial charge in [-0.05, 0) is 44.0 Å². The lowest BCUT2D eigenvalue weighted by Gasteiger charge is -2.38. The molecule has 0 unspecified atom stereocenters. The topological polar surface area (TPSA) is 47.5 Å². The largest absolute Gasteiger partial charge is 0.469 e. The van der Waals surface area contributed by atoms with Gasteiger partial charge in [-0.1, -0.05) is 6.07 Å². The van der Waals surface area contributed by atoms with E-state index in [9.17, 15) is 4.39 Å². The third-order valence-corrected chi connectivity index (χ3v) is 4.95. The molecule has 0 bridgehead atoms. The minimum Gasteiger partial charge on any atom is -0.469 e. The first-order valence-corrected chi connectivity index (χ1v) is 8.76. The summed E-state index contributed by atoms with van der Waals surface area (Å²) >= 11 is 0. The Labute approximate surface area is 146 Å². The van der Waals surface area contributed by atoms with Gasteiger partial charge in [0.25, 0.3) is 5.88 Å². The lowest BCUT2D eigenvalue weighted by atomic mass is 10.1. The number of morpholine rings is 1. The van der Waals surface area contributed by atoms with Crippen LogP contribution in [0, 0.1) is 12.7 Å². The van der Waals surface area contributed by atoms with Crippen LogP contribution in [0.2, 0.25) is 0 Å². The van der Waals surface area contributed by atoms with Crippen LogP contribution in [0.1, 0.15) is 24.2 Å². The second kappa shape index (κ2) is 7.06. The Morgan fingerprint density at radius 1 is 1.28 bits per heavy atom. The second-order valence-electron chi connectivity index (χ2n) is 6.67. The van der Waals surface area contributed by atoms with Crippen molar-refractivity contribution in [3.05, 3.63) is 53.7 Å². The average Bonchev–Trinajstić information content (AvgIpc) is 3.01. The smallest absolute Gasteiger partial charge is 0.250 e. The third-order valence-electron chi connectivity index (χ3n) is 4.95. The molecule has 132 valence electrons. The minimum atomic E-state index is -0.428. The molecule has 1 saturated heterocycles. The maximum Gasteiger partial charge on any atom is 0.250 e. The number of pyridine rings is 2. The van der Waals surface area contributed by atoms with E-state index in [1.165, 1.54) is 6.07 Å². The summed E-state index contributed by atoms with van der Waals surface area (Å²) in [7, 11) is 0. The standard InChI is InChI=1S/C19H22FN3O2/c1-13-4-2-5-14(22-13)12-23-10-11-24-18-16(23)7-8-17(18)25-19-15(20)6-3-9-21-19/h2-6,9,16-18H,7-8,10-12H2,1H3/t16-,17+,18+/m1/s1. The molecule has 2 fully saturated rings. The molecule has 0 radical (unpaired) electrons. The fraction of sp³-hybridized carbons (Fsp3) is 0.474. The Morgan fingerprint density at radius 3 is 3.04 bits per heavy atom. The van der Waals surface area contributed by atoms with Crippen molar-refractivity contribution in [2.24, 2.45) is 0 Å². The van der Waals surface area contributed by atoms with E-state index >= 15 is 0 Å². The number of halogens is 1. The van der Waals surface area contributed by atoms with Gasteiger partial charge in [-0.25, -0.2) is 9.37 Å².